The van der Waals surface area contributed by atoms with Crippen molar-refractivity contribution in [1.82, 2.24) is 5.32 Å². The van der Waals surface area contributed by atoms with Crippen LogP contribution < -0.4 is 15.0 Å². The van der Waals surface area contributed by atoms with E-state index in [0.29, 0.717) is 29.2 Å². The fourth-order valence-corrected chi connectivity index (χ4v) is 4.71. The van der Waals surface area contributed by atoms with Gasteiger partial charge in [0.15, 0.2) is 6.61 Å². The van der Waals surface area contributed by atoms with E-state index in [1.54, 1.807) is 42.5 Å². The fourth-order valence-electron chi connectivity index (χ4n) is 2.46. The molecule has 1 heterocycles. The molecule has 10 heteroatoms. The largest absolute Gasteiger partial charge is 0.480 e. The van der Waals surface area contributed by atoms with Crippen molar-refractivity contribution in [3.05, 3.63) is 59.8 Å². The number of hydrogen-bond donors (Lipinski definition) is 2. The second kappa shape index (κ2) is 8.66. The van der Waals surface area contributed by atoms with Gasteiger partial charge in [0, 0.05) is 5.02 Å². The van der Waals surface area contributed by atoms with E-state index in [0.717, 1.165) is 4.90 Å². The molecule has 0 bridgehead atoms. The Bertz CT molecular complexity index is 985. The number of carboxylic acid groups (broad SMARTS) is 1. The number of ether oxygens (including phenoxy) is 1. The molecule has 28 heavy (non-hydrogen) atoms. The van der Waals surface area contributed by atoms with Crippen LogP contribution in [0, 0.1) is 7.14 Å². The minimum atomic E-state index is -1.07. The van der Waals surface area contributed by atoms with Crippen molar-refractivity contribution < 1.29 is 24.2 Å². The molecule has 1 aliphatic heterocycles. The quantitative estimate of drug-likeness (QED) is 0.297. The first-order chi connectivity index (χ1) is 13.3. The van der Waals surface area contributed by atoms with Gasteiger partial charge in [0.25, 0.3) is 5.91 Å². The van der Waals surface area contributed by atoms with Crippen LogP contribution in [-0.2, 0) is 9.59 Å². The van der Waals surface area contributed by atoms with Gasteiger partial charge in [0.1, 0.15) is 11.4 Å². The molecule has 3 amide bonds. The lowest BCUT2D eigenvalue weighted by Crippen LogP contribution is -2.30. The van der Waals surface area contributed by atoms with E-state index >= 15 is 0 Å². The minimum Gasteiger partial charge on any atom is -0.480 e. The lowest BCUT2D eigenvalue weighted by atomic mass is 10.2. The fraction of sp³-hybridized carbons (Fsp3) is 0.0556. The number of amides is 3. The molecule has 1 fully saturated rings. The number of imide groups is 1. The minimum absolute atomic E-state index is 0.130. The molecule has 2 aromatic rings. The third kappa shape index (κ3) is 4.58. The summed E-state index contributed by atoms with van der Waals surface area (Å²) >= 11 is 9.90. The molecule has 144 valence electrons. The van der Waals surface area contributed by atoms with Gasteiger partial charge in [-0.05, 0) is 93.2 Å². The molecule has 1 aliphatic rings. The third-order valence-corrected chi connectivity index (χ3v) is 5.49. The van der Waals surface area contributed by atoms with Crippen LogP contribution in [0.3, 0.4) is 0 Å². The van der Waals surface area contributed by atoms with Crippen molar-refractivity contribution in [2.45, 2.75) is 0 Å². The molecule has 0 saturated carbocycles. The first kappa shape index (κ1) is 20.9. The molecule has 0 unspecified atom stereocenters. The Kier molecular flexibility index (Phi) is 6.45. The number of carbonyl (C=O) groups is 3. The third-order valence-electron chi connectivity index (χ3n) is 3.63. The Hall–Kier alpha value is -1.86. The molecule has 0 aliphatic carbocycles. The van der Waals surface area contributed by atoms with Gasteiger partial charge in [-0.25, -0.2) is 14.5 Å². The van der Waals surface area contributed by atoms with E-state index in [2.05, 4.69) is 5.32 Å². The van der Waals surface area contributed by atoms with Gasteiger partial charge in [-0.15, -0.1) is 0 Å². The molecular formula is C18H11ClI2N2O5. The molecule has 7 nitrogen and oxygen atoms in total. The standard InChI is InChI=1S/C18H11ClI2N2O5/c19-10-1-3-11(4-2-10)23-17(26)14(22-18(23)27)7-9-5-12(20)16(13(21)6-9)28-8-15(24)25/h1-7H,8H2,(H,22,27)(H,24,25)/b14-7+. The van der Waals surface area contributed by atoms with Gasteiger partial charge in [-0.2, -0.15) is 0 Å². The van der Waals surface area contributed by atoms with E-state index < -0.39 is 24.5 Å². The zero-order valence-corrected chi connectivity index (χ0v) is 19.0. The number of carbonyl (C=O) groups excluding carboxylic acids is 2. The molecule has 2 N–H and O–H groups in total. The summed E-state index contributed by atoms with van der Waals surface area (Å²) < 4.78 is 6.65. The van der Waals surface area contributed by atoms with Crippen LogP contribution in [0.4, 0.5) is 10.5 Å². The Morgan fingerprint density at radius 1 is 1.18 bits per heavy atom. The normalized spacial score (nSPS) is 15.1. The molecule has 2 aromatic carbocycles. The number of rotatable bonds is 5. The first-order valence-electron chi connectivity index (χ1n) is 7.72. The highest BCUT2D eigenvalue weighted by Crippen LogP contribution is 2.30. The summed E-state index contributed by atoms with van der Waals surface area (Å²) in [5.41, 5.74) is 1.21. The van der Waals surface area contributed by atoms with Gasteiger partial charge < -0.3 is 15.2 Å². The van der Waals surface area contributed by atoms with Gasteiger partial charge in [0.05, 0.1) is 12.8 Å². The van der Waals surface area contributed by atoms with Gasteiger partial charge in [-0.1, -0.05) is 11.6 Å². The Morgan fingerprint density at radius 3 is 2.36 bits per heavy atom. The highest BCUT2D eigenvalue weighted by Gasteiger charge is 2.34. The number of nitrogens with zero attached hydrogens (tertiary/aromatic N) is 1. The number of anilines is 1. The lowest BCUT2D eigenvalue weighted by molar-refractivity contribution is -0.139. The Balaban J connectivity index is 1.87. The van der Waals surface area contributed by atoms with Crippen molar-refractivity contribution in [1.29, 1.82) is 0 Å². The van der Waals surface area contributed by atoms with Crippen molar-refractivity contribution in [2.75, 3.05) is 11.5 Å². The second-order valence-corrected chi connectivity index (χ2v) is 8.36. The number of hydrogen-bond acceptors (Lipinski definition) is 4. The number of urea groups is 1. The maximum Gasteiger partial charge on any atom is 0.341 e. The van der Waals surface area contributed by atoms with Crippen LogP contribution in [0.5, 0.6) is 5.75 Å². The van der Waals surface area contributed by atoms with Crippen molar-refractivity contribution >= 4 is 86.5 Å². The topological polar surface area (TPSA) is 95.9 Å². The molecule has 0 aromatic heterocycles. The summed E-state index contributed by atoms with van der Waals surface area (Å²) in [5.74, 6) is -1.10. The Morgan fingerprint density at radius 2 is 1.79 bits per heavy atom. The van der Waals surface area contributed by atoms with E-state index in [4.69, 9.17) is 21.4 Å². The number of benzene rings is 2. The van der Waals surface area contributed by atoms with Crippen LogP contribution in [0.1, 0.15) is 5.56 Å². The zero-order chi connectivity index (χ0) is 20.4. The Labute approximate surface area is 192 Å². The predicted molar refractivity (Wildman–Crippen MR) is 120 cm³/mol. The highest BCUT2D eigenvalue weighted by molar-refractivity contribution is 14.1. The van der Waals surface area contributed by atoms with Gasteiger partial charge in [-0.3, -0.25) is 4.79 Å². The SMILES string of the molecule is O=C(O)COc1c(I)cc(/C=C2/NC(=O)N(c3ccc(Cl)cc3)C2=O)cc1I. The van der Waals surface area contributed by atoms with Crippen LogP contribution in [-0.4, -0.2) is 29.6 Å². The van der Waals surface area contributed by atoms with Gasteiger partial charge in [0.2, 0.25) is 0 Å². The monoisotopic (exact) mass is 624 g/mol. The average Bonchev–Trinajstić information content (AvgIpc) is 2.88. The molecule has 0 atom stereocenters. The molecule has 3 rings (SSSR count). The average molecular weight is 625 g/mol. The lowest BCUT2D eigenvalue weighted by Gasteiger charge is -2.11. The zero-order valence-electron chi connectivity index (χ0n) is 13.9. The summed E-state index contributed by atoms with van der Waals surface area (Å²) in [6, 6.07) is 9.28. The number of halogens is 3. The van der Waals surface area contributed by atoms with Crippen molar-refractivity contribution in [3.63, 3.8) is 0 Å². The number of aliphatic carboxylic acids is 1. The maximum atomic E-state index is 12.7. The predicted octanol–water partition coefficient (Wildman–Crippen LogP) is 4.11. The first-order valence-corrected chi connectivity index (χ1v) is 10.3. The maximum absolute atomic E-state index is 12.7. The summed E-state index contributed by atoms with van der Waals surface area (Å²) in [6.07, 6.45) is 1.56. The van der Waals surface area contributed by atoms with Crippen LogP contribution in [0.25, 0.3) is 6.08 Å². The van der Waals surface area contributed by atoms with Crippen molar-refractivity contribution in [3.8, 4) is 5.75 Å². The van der Waals surface area contributed by atoms with Crippen molar-refractivity contribution in [2.24, 2.45) is 0 Å². The number of nitrogens with one attached hydrogen (secondary N) is 1. The van der Waals surface area contributed by atoms with Gasteiger partial charge >= 0.3 is 12.0 Å². The van der Waals surface area contributed by atoms with E-state index in [-0.39, 0.29) is 5.70 Å². The van der Waals surface area contributed by atoms with E-state index in [9.17, 15) is 14.4 Å². The van der Waals surface area contributed by atoms with E-state index in [1.165, 1.54) is 0 Å². The summed E-state index contributed by atoms with van der Waals surface area (Å²) in [4.78, 5) is 36.6. The van der Waals surface area contributed by atoms with Crippen LogP contribution in [0.2, 0.25) is 5.02 Å². The molecule has 0 radical (unpaired) electrons. The van der Waals surface area contributed by atoms with Crippen LogP contribution >= 0.6 is 56.8 Å². The number of carboxylic acids is 1. The molecule has 1 saturated heterocycles. The van der Waals surface area contributed by atoms with Crippen LogP contribution in [0.15, 0.2) is 42.1 Å². The molecule has 0 spiro atoms. The highest BCUT2D eigenvalue weighted by atomic mass is 127. The summed E-state index contributed by atoms with van der Waals surface area (Å²) in [6.45, 7) is -0.447. The smallest absolute Gasteiger partial charge is 0.341 e. The molecular weight excluding hydrogens is 613 g/mol. The summed E-state index contributed by atoms with van der Waals surface area (Å²) in [5, 5.41) is 11.8. The second-order valence-electron chi connectivity index (χ2n) is 5.60. The summed E-state index contributed by atoms with van der Waals surface area (Å²) in [7, 11) is 0. The van der Waals surface area contributed by atoms with E-state index in [1.807, 2.05) is 45.2 Å².